The van der Waals surface area contributed by atoms with Crippen LogP contribution in [0.5, 0.6) is 11.5 Å². The van der Waals surface area contributed by atoms with Crippen molar-refractivity contribution in [1.29, 1.82) is 0 Å². The number of anilines is 1. The van der Waals surface area contributed by atoms with E-state index in [-0.39, 0.29) is 12.1 Å². The summed E-state index contributed by atoms with van der Waals surface area (Å²) in [6, 6.07) is 5.61. The van der Waals surface area contributed by atoms with E-state index in [1.54, 1.807) is 25.6 Å². The van der Waals surface area contributed by atoms with Gasteiger partial charge in [-0.25, -0.2) is 0 Å². The number of nitrogens with one attached hydrogen (secondary N) is 2. The maximum Gasteiger partial charge on any atom is 0.256 e. The zero-order valence-electron chi connectivity index (χ0n) is 13.8. The van der Waals surface area contributed by atoms with Gasteiger partial charge in [0.05, 0.1) is 19.8 Å². The molecule has 1 unspecified atom stereocenters. The minimum absolute atomic E-state index is 0.00183. The van der Waals surface area contributed by atoms with Crippen molar-refractivity contribution in [3.8, 4) is 11.5 Å². The van der Waals surface area contributed by atoms with Crippen LogP contribution in [0.4, 0.5) is 5.00 Å². The van der Waals surface area contributed by atoms with E-state index in [1.165, 1.54) is 16.9 Å². The van der Waals surface area contributed by atoms with E-state index < -0.39 is 0 Å². The molecule has 1 aliphatic heterocycles. The van der Waals surface area contributed by atoms with E-state index in [0.717, 1.165) is 46.9 Å². The molecule has 4 rings (SSSR count). The summed E-state index contributed by atoms with van der Waals surface area (Å²) in [6.07, 6.45) is 4.13. The summed E-state index contributed by atoms with van der Waals surface area (Å²) in [6.45, 7) is 0. The third-order valence-electron chi connectivity index (χ3n) is 4.70. The Hall–Kier alpha value is -2.21. The molecule has 0 spiro atoms. The van der Waals surface area contributed by atoms with E-state index in [0.29, 0.717) is 0 Å². The van der Waals surface area contributed by atoms with E-state index in [4.69, 9.17) is 9.47 Å². The second kappa shape index (κ2) is 6.02. The highest BCUT2D eigenvalue weighted by molar-refractivity contribution is 7.16. The van der Waals surface area contributed by atoms with Gasteiger partial charge in [-0.3, -0.25) is 4.79 Å². The summed E-state index contributed by atoms with van der Waals surface area (Å²) >= 11 is 1.72. The molecule has 6 heteroatoms. The molecular weight excluding hydrogens is 324 g/mol. The fourth-order valence-corrected chi connectivity index (χ4v) is 4.81. The second-order valence-electron chi connectivity index (χ2n) is 6.07. The molecule has 24 heavy (non-hydrogen) atoms. The molecule has 0 bridgehead atoms. The first kappa shape index (κ1) is 15.3. The molecule has 1 aliphatic carbocycles. The lowest BCUT2D eigenvalue weighted by atomic mass is 9.94. The highest BCUT2D eigenvalue weighted by Gasteiger charge is 2.33. The molecule has 1 amide bonds. The monoisotopic (exact) mass is 344 g/mol. The van der Waals surface area contributed by atoms with Gasteiger partial charge < -0.3 is 20.1 Å². The van der Waals surface area contributed by atoms with Crippen LogP contribution in [-0.2, 0) is 12.8 Å². The van der Waals surface area contributed by atoms with Crippen molar-refractivity contribution in [2.45, 2.75) is 31.8 Å². The van der Waals surface area contributed by atoms with Gasteiger partial charge in [-0.05, 0) is 49.4 Å². The number of rotatable bonds is 3. The fraction of sp³-hybridized carbons (Fsp3) is 0.389. The minimum atomic E-state index is -0.324. The Morgan fingerprint density at radius 1 is 1.12 bits per heavy atom. The summed E-state index contributed by atoms with van der Waals surface area (Å²) in [7, 11) is 3.26. The van der Waals surface area contributed by atoms with Crippen molar-refractivity contribution < 1.29 is 14.3 Å². The number of fused-ring (bicyclic) bond motifs is 3. The third-order valence-corrected chi connectivity index (χ3v) is 5.92. The number of methoxy groups -OCH3 is 2. The van der Waals surface area contributed by atoms with Gasteiger partial charge in [0, 0.05) is 10.4 Å². The van der Waals surface area contributed by atoms with Crippen molar-refractivity contribution in [3.63, 3.8) is 0 Å². The van der Waals surface area contributed by atoms with Gasteiger partial charge in [-0.2, -0.15) is 0 Å². The number of amides is 1. The molecule has 0 radical (unpaired) electrons. The van der Waals surface area contributed by atoms with Gasteiger partial charge >= 0.3 is 0 Å². The third kappa shape index (κ3) is 2.41. The van der Waals surface area contributed by atoms with Gasteiger partial charge in [0.15, 0.2) is 0 Å². The average molecular weight is 344 g/mol. The number of thiophene rings is 1. The van der Waals surface area contributed by atoms with Gasteiger partial charge in [0.25, 0.3) is 5.91 Å². The van der Waals surface area contributed by atoms with Gasteiger partial charge in [-0.15, -0.1) is 11.3 Å². The number of aryl methyl sites for hydroxylation is 1. The predicted molar refractivity (Wildman–Crippen MR) is 94.3 cm³/mol. The maximum atomic E-state index is 12.7. The second-order valence-corrected chi connectivity index (χ2v) is 7.18. The van der Waals surface area contributed by atoms with Crippen molar-refractivity contribution in [2.75, 3.05) is 19.5 Å². The Balaban J connectivity index is 1.73. The average Bonchev–Trinajstić information content (AvgIpc) is 3.00. The molecule has 0 saturated heterocycles. The quantitative estimate of drug-likeness (QED) is 0.895. The van der Waals surface area contributed by atoms with Crippen LogP contribution in [0, 0.1) is 0 Å². The zero-order chi connectivity index (χ0) is 16.7. The molecular formula is C18H20N2O3S. The fourth-order valence-electron chi connectivity index (χ4n) is 3.50. The standard InChI is InChI=1S/C18H20N2O3S/c1-22-10-7-8-13(23-2)12(9-10)16-19-17(21)15-11-5-3-4-6-14(11)24-18(15)20-16/h7-9,16,20H,3-6H2,1-2H3,(H,19,21). The topological polar surface area (TPSA) is 59.6 Å². The normalized spacial score (nSPS) is 18.9. The lowest BCUT2D eigenvalue weighted by Crippen LogP contribution is -2.38. The number of carbonyl (C=O) groups is 1. The molecule has 2 aliphatic rings. The van der Waals surface area contributed by atoms with Crippen molar-refractivity contribution in [2.24, 2.45) is 0 Å². The van der Waals surface area contributed by atoms with Crippen molar-refractivity contribution >= 4 is 22.2 Å². The predicted octanol–water partition coefficient (Wildman–Crippen LogP) is 3.50. The molecule has 126 valence electrons. The summed E-state index contributed by atoms with van der Waals surface area (Å²) in [5.74, 6) is 1.45. The molecule has 1 atom stereocenters. The smallest absolute Gasteiger partial charge is 0.256 e. The van der Waals surface area contributed by atoms with Crippen LogP contribution < -0.4 is 20.1 Å². The van der Waals surface area contributed by atoms with Crippen LogP contribution in [0.1, 0.15) is 45.4 Å². The molecule has 1 aromatic heterocycles. The SMILES string of the molecule is COc1ccc(OC)c(C2NC(=O)c3c(sc4c3CCCC4)N2)c1. The Kier molecular flexibility index (Phi) is 3.84. The Morgan fingerprint density at radius 3 is 2.75 bits per heavy atom. The number of ether oxygens (including phenoxy) is 2. The Labute approximate surface area is 145 Å². The van der Waals surface area contributed by atoms with Crippen LogP contribution in [0.25, 0.3) is 0 Å². The van der Waals surface area contributed by atoms with E-state index in [1.807, 2.05) is 18.2 Å². The van der Waals surface area contributed by atoms with E-state index >= 15 is 0 Å². The highest BCUT2D eigenvalue weighted by atomic mass is 32.1. The lowest BCUT2D eigenvalue weighted by Gasteiger charge is -2.28. The molecule has 2 N–H and O–H groups in total. The highest BCUT2D eigenvalue weighted by Crippen LogP contribution is 2.42. The maximum absolute atomic E-state index is 12.7. The largest absolute Gasteiger partial charge is 0.497 e. The first-order valence-electron chi connectivity index (χ1n) is 8.15. The van der Waals surface area contributed by atoms with Crippen LogP contribution in [-0.4, -0.2) is 20.1 Å². The van der Waals surface area contributed by atoms with Gasteiger partial charge in [-0.1, -0.05) is 0 Å². The number of hydrogen-bond donors (Lipinski definition) is 2. The first-order chi connectivity index (χ1) is 11.7. The minimum Gasteiger partial charge on any atom is -0.497 e. The van der Waals surface area contributed by atoms with Gasteiger partial charge in [0.1, 0.15) is 22.7 Å². The molecule has 0 saturated carbocycles. The van der Waals surface area contributed by atoms with Gasteiger partial charge in [0.2, 0.25) is 0 Å². The molecule has 2 heterocycles. The summed E-state index contributed by atoms with van der Waals surface area (Å²) in [5, 5.41) is 7.52. The van der Waals surface area contributed by atoms with E-state index in [2.05, 4.69) is 10.6 Å². The van der Waals surface area contributed by atoms with E-state index in [9.17, 15) is 4.79 Å². The molecule has 0 fully saturated rings. The molecule has 5 nitrogen and oxygen atoms in total. The van der Waals surface area contributed by atoms with Crippen LogP contribution in [0.2, 0.25) is 0 Å². The zero-order valence-corrected chi connectivity index (χ0v) is 14.6. The van der Waals surface area contributed by atoms with Crippen LogP contribution in [0.15, 0.2) is 18.2 Å². The van der Waals surface area contributed by atoms with Crippen molar-refractivity contribution in [1.82, 2.24) is 5.32 Å². The lowest BCUT2D eigenvalue weighted by molar-refractivity contribution is 0.0935. The molecule has 2 aromatic rings. The summed E-state index contributed by atoms with van der Waals surface area (Å²) < 4.78 is 10.8. The van der Waals surface area contributed by atoms with Crippen LogP contribution in [0.3, 0.4) is 0 Å². The number of carbonyl (C=O) groups excluding carboxylic acids is 1. The summed E-state index contributed by atoms with van der Waals surface area (Å²) in [4.78, 5) is 14.1. The Morgan fingerprint density at radius 2 is 1.96 bits per heavy atom. The number of benzene rings is 1. The first-order valence-corrected chi connectivity index (χ1v) is 8.96. The summed E-state index contributed by atoms with van der Waals surface area (Å²) in [5.41, 5.74) is 2.94. The Bertz CT molecular complexity index is 800. The molecule has 1 aromatic carbocycles. The van der Waals surface area contributed by atoms with Crippen LogP contribution >= 0.6 is 11.3 Å². The van der Waals surface area contributed by atoms with Crippen molar-refractivity contribution in [3.05, 3.63) is 39.8 Å². The number of hydrogen-bond acceptors (Lipinski definition) is 5.